The molecule has 1 aliphatic rings. The highest BCUT2D eigenvalue weighted by Gasteiger charge is 2.14. The number of aryl methyl sites for hydroxylation is 1. The molecule has 18 heavy (non-hydrogen) atoms. The monoisotopic (exact) mass is 267 g/mol. The number of hydrogen-bond acceptors (Lipinski definition) is 4. The maximum absolute atomic E-state index is 4.28. The van der Waals surface area contributed by atoms with Crippen LogP contribution in [-0.4, -0.2) is 42.6 Å². The second-order valence-electron chi connectivity index (χ2n) is 5.43. The Hall–Kier alpha value is -0.450. The van der Waals surface area contributed by atoms with E-state index in [1.165, 1.54) is 43.0 Å². The zero-order chi connectivity index (χ0) is 12.8. The number of likely N-dealkylation sites (tertiary alicyclic amines) is 1. The molecule has 0 saturated carbocycles. The molecule has 0 spiro atoms. The van der Waals surface area contributed by atoms with Crippen LogP contribution in [0.2, 0.25) is 0 Å². The fourth-order valence-electron chi connectivity index (χ4n) is 2.59. The molecule has 0 aliphatic carbocycles. The van der Waals surface area contributed by atoms with Gasteiger partial charge in [0.1, 0.15) is 0 Å². The molecule has 1 unspecified atom stereocenters. The third-order valence-electron chi connectivity index (χ3n) is 3.64. The summed E-state index contributed by atoms with van der Waals surface area (Å²) >= 11 is 1.78. The minimum atomic E-state index is 0.755. The highest BCUT2D eigenvalue weighted by molar-refractivity contribution is 7.09. The van der Waals surface area contributed by atoms with Crippen molar-refractivity contribution in [1.82, 2.24) is 15.2 Å². The predicted octanol–water partition coefficient (Wildman–Crippen LogP) is 2.32. The van der Waals surface area contributed by atoms with Crippen molar-refractivity contribution in [2.45, 2.75) is 33.1 Å². The summed E-state index contributed by atoms with van der Waals surface area (Å²) in [6, 6.07) is 0. The van der Waals surface area contributed by atoms with Gasteiger partial charge in [0.15, 0.2) is 0 Å². The highest BCUT2D eigenvalue weighted by atomic mass is 32.1. The average Bonchev–Trinajstić information content (AvgIpc) is 2.97. The van der Waals surface area contributed by atoms with Gasteiger partial charge in [-0.05, 0) is 51.7 Å². The minimum Gasteiger partial charge on any atom is -0.316 e. The number of nitrogens with one attached hydrogen (secondary N) is 1. The van der Waals surface area contributed by atoms with Gasteiger partial charge in [0.2, 0.25) is 0 Å². The van der Waals surface area contributed by atoms with Crippen molar-refractivity contribution in [3.63, 3.8) is 0 Å². The van der Waals surface area contributed by atoms with Gasteiger partial charge in [0.05, 0.1) is 11.2 Å². The van der Waals surface area contributed by atoms with Crippen molar-refractivity contribution in [3.8, 4) is 0 Å². The van der Waals surface area contributed by atoms with Gasteiger partial charge >= 0.3 is 0 Å². The maximum atomic E-state index is 4.28. The Kier molecular flexibility index (Phi) is 5.60. The van der Waals surface area contributed by atoms with E-state index in [4.69, 9.17) is 0 Å². The second-order valence-corrected chi connectivity index (χ2v) is 6.37. The summed E-state index contributed by atoms with van der Waals surface area (Å²) in [7, 11) is 0. The van der Waals surface area contributed by atoms with E-state index >= 15 is 0 Å². The van der Waals surface area contributed by atoms with E-state index < -0.39 is 0 Å². The zero-order valence-corrected chi connectivity index (χ0v) is 12.4. The third kappa shape index (κ3) is 4.34. The topological polar surface area (TPSA) is 28.2 Å². The molecule has 1 atom stereocenters. The molecular weight excluding hydrogens is 242 g/mol. The average molecular weight is 267 g/mol. The van der Waals surface area contributed by atoms with Gasteiger partial charge in [-0.1, -0.05) is 6.92 Å². The third-order valence-corrected chi connectivity index (χ3v) is 4.63. The summed E-state index contributed by atoms with van der Waals surface area (Å²) in [5, 5.41) is 3.58. The molecule has 1 saturated heterocycles. The van der Waals surface area contributed by atoms with Crippen LogP contribution in [-0.2, 0) is 6.42 Å². The Balaban J connectivity index is 1.56. The van der Waals surface area contributed by atoms with Crippen LogP contribution in [0.4, 0.5) is 0 Å². The Morgan fingerprint density at radius 3 is 2.89 bits per heavy atom. The van der Waals surface area contributed by atoms with Gasteiger partial charge in [-0.3, -0.25) is 0 Å². The molecular formula is C14H25N3S. The molecule has 1 fully saturated rings. The SMILES string of the molecule is Cc1ncsc1CCNCC(C)CN1CCCC1. The molecule has 1 N–H and O–H groups in total. The number of thiazole rings is 1. The van der Waals surface area contributed by atoms with Gasteiger partial charge in [0, 0.05) is 18.0 Å². The van der Waals surface area contributed by atoms with Crippen LogP contribution >= 0.6 is 11.3 Å². The summed E-state index contributed by atoms with van der Waals surface area (Å²) in [4.78, 5) is 8.31. The van der Waals surface area contributed by atoms with E-state index in [0.717, 1.165) is 25.4 Å². The second kappa shape index (κ2) is 7.22. The van der Waals surface area contributed by atoms with Gasteiger partial charge in [-0.25, -0.2) is 4.98 Å². The molecule has 102 valence electrons. The van der Waals surface area contributed by atoms with Crippen LogP contribution in [0.25, 0.3) is 0 Å². The van der Waals surface area contributed by atoms with Crippen LogP contribution in [0.15, 0.2) is 5.51 Å². The van der Waals surface area contributed by atoms with Crippen molar-refractivity contribution in [1.29, 1.82) is 0 Å². The summed E-state index contributed by atoms with van der Waals surface area (Å²) < 4.78 is 0. The van der Waals surface area contributed by atoms with Crippen molar-refractivity contribution >= 4 is 11.3 Å². The van der Waals surface area contributed by atoms with Crippen molar-refractivity contribution in [2.24, 2.45) is 5.92 Å². The van der Waals surface area contributed by atoms with Crippen LogP contribution in [0, 0.1) is 12.8 Å². The summed E-state index contributed by atoms with van der Waals surface area (Å²) in [5.41, 5.74) is 3.15. The minimum absolute atomic E-state index is 0.755. The maximum Gasteiger partial charge on any atom is 0.0797 e. The lowest BCUT2D eigenvalue weighted by Crippen LogP contribution is -2.32. The predicted molar refractivity (Wildman–Crippen MR) is 78.3 cm³/mol. The first-order valence-corrected chi connectivity index (χ1v) is 7.95. The van der Waals surface area contributed by atoms with Gasteiger partial charge in [-0.15, -0.1) is 11.3 Å². The smallest absolute Gasteiger partial charge is 0.0797 e. The van der Waals surface area contributed by atoms with Gasteiger partial charge in [-0.2, -0.15) is 0 Å². The van der Waals surface area contributed by atoms with Crippen LogP contribution < -0.4 is 5.32 Å². The molecule has 4 heteroatoms. The van der Waals surface area contributed by atoms with Crippen molar-refractivity contribution < 1.29 is 0 Å². The summed E-state index contributed by atoms with van der Waals surface area (Å²) in [6.45, 7) is 10.5. The van der Waals surface area contributed by atoms with E-state index in [-0.39, 0.29) is 0 Å². The lowest BCUT2D eigenvalue weighted by molar-refractivity contribution is 0.283. The molecule has 0 radical (unpaired) electrons. The Labute approximate surface area is 115 Å². The van der Waals surface area contributed by atoms with Gasteiger partial charge in [0.25, 0.3) is 0 Å². The van der Waals surface area contributed by atoms with Gasteiger partial charge < -0.3 is 10.2 Å². The first-order chi connectivity index (χ1) is 8.75. The molecule has 2 rings (SSSR count). The molecule has 3 nitrogen and oxygen atoms in total. The van der Waals surface area contributed by atoms with Crippen molar-refractivity contribution in [2.75, 3.05) is 32.7 Å². The largest absolute Gasteiger partial charge is 0.316 e. The lowest BCUT2D eigenvalue weighted by Gasteiger charge is -2.20. The number of hydrogen-bond donors (Lipinski definition) is 1. The molecule has 1 aliphatic heterocycles. The Bertz CT molecular complexity index is 345. The normalized spacial score (nSPS) is 18.3. The summed E-state index contributed by atoms with van der Waals surface area (Å²) in [5.74, 6) is 0.755. The van der Waals surface area contributed by atoms with E-state index in [2.05, 4.69) is 29.0 Å². The van der Waals surface area contributed by atoms with Crippen LogP contribution in [0.3, 0.4) is 0 Å². The summed E-state index contributed by atoms with van der Waals surface area (Å²) in [6.07, 6.45) is 3.91. The van der Waals surface area contributed by atoms with E-state index in [1.807, 2.05) is 5.51 Å². The number of aromatic nitrogens is 1. The van der Waals surface area contributed by atoms with Crippen molar-refractivity contribution in [3.05, 3.63) is 16.1 Å². The molecule has 1 aromatic heterocycles. The van der Waals surface area contributed by atoms with Crippen LogP contribution in [0.5, 0.6) is 0 Å². The lowest BCUT2D eigenvalue weighted by atomic mass is 10.1. The highest BCUT2D eigenvalue weighted by Crippen LogP contribution is 2.12. The molecule has 0 aromatic carbocycles. The molecule has 0 bridgehead atoms. The molecule has 2 heterocycles. The van der Waals surface area contributed by atoms with Crippen LogP contribution in [0.1, 0.15) is 30.3 Å². The quantitative estimate of drug-likeness (QED) is 0.769. The fraction of sp³-hybridized carbons (Fsp3) is 0.786. The Morgan fingerprint density at radius 1 is 1.44 bits per heavy atom. The molecule has 1 aromatic rings. The first-order valence-electron chi connectivity index (χ1n) is 7.07. The van der Waals surface area contributed by atoms with E-state index in [9.17, 15) is 0 Å². The fourth-order valence-corrected chi connectivity index (χ4v) is 3.37. The standard InChI is InChI=1S/C14H25N3S/c1-12(10-17-7-3-4-8-17)9-15-6-5-14-13(2)16-11-18-14/h11-12,15H,3-10H2,1-2H3. The number of rotatable bonds is 7. The number of nitrogens with zero attached hydrogens (tertiary/aromatic N) is 2. The van der Waals surface area contributed by atoms with E-state index in [1.54, 1.807) is 11.3 Å². The zero-order valence-electron chi connectivity index (χ0n) is 11.6. The first kappa shape index (κ1) is 14.0. The van der Waals surface area contributed by atoms with E-state index in [0.29, 0.717) is 0 Å². The molecule has 0 amide bonds. The Morgan fingerprint density at radius 2 is 2.22 bits per heavy atom.